The van der Waals surface area contributed by atoms with E-state index in [-0.39, 0.29) is 29.6 Å². The number of likely N-dealkylation sites (tertiary alicyclic amines) is 1. The van der Waals surface area contributed by atoms with Crippen LogP contribution in [0.4, 0.5) is 4.39 Å². The van der Waals surface area contributed by atoms with Crippen molar-refractivity contribution >= 4 is 22.8 Å². The van der Waals surface area contributed by atoms with Crippen LogP contribution in [0.2, 0.25) is 0 Å². The minimum Gasteiger partial charge on any atom is -0.341 e. The summed E-state index contributed by atoms with van der Waals surface area (Å²) in [5, 5.41) is 3.51. The third-order valence-corrected chi connectivity index (χ3v) is 9.13. The molecule has 2 bridgehead atoms. The highest BCUT2D eigenvalue weighted by atomic mass is 19.1. The number of hydrogen-bond acceptors (Lipinski definition) is 4. The lowest BCUT2D eigenvalue weighted by molar-refractivity contribution is -0.145. The van der Waals surface area contributed by atoms with Crippen molar-refractivity contribution in [2.45, 2.75) is 76.7 Å². The fourth-order valence-electron chi connectivity index (χ4n) is 7.32. The van der Waals surface area contributed by atoms with Gasteiger partial charge in [0.05, 0.1) is 17.0 Å². The fraction of sp³-hybridized carbons (Fsp3) is 0.500. The van der Waals surface area contributed by atoms with Crippen LogP contribution >= 0.6 is 0 Å². The first-order chi connectivity index (χ1) is 18.3. The number of amides is 2. The van der Waals surface area contributed by atoms with Gasteiger partial charge in [0.2, 0.25) is 11.8 Å². The van der Waals surface area contributed by atoms with Crippen LogP contribution < -0.4 is 5.32 Å². The molecule has 3 aromatic rings. The third kappa shape index (κ3) is 4.01. The average molecular weight is 518 g/mol. The number of rotatable bonds is 6. The van der Waals surface area contributed by atoms with E-state index in [1.54, 1.807) is 11.8 Å². The molecule has 3 aliphatic heterocycles. The molecule has 3 fully saturated rings. The normalized spacial score (nSPS) is 25.3. The molecule has 200 valence electrons. The molecular weight excluding hydrogens is 481 g/mol. The number of imidazole rings is 1. The molecule has 0 radical (unpaired) electrons. The summed E-state index contributed by atoms with van der Waals surface area (Å²) < 4.78 is 16.2. The lowest BCUT2D eigenvalue weighted by Gasteiger charge is -2.52. The Labute approximate surface area is 223 Å². The summed E-state index contributed by atoms with van der Waals surface area (Å²) in [7, 11) is 0. The molecule has 38 heavy (non-hydrogen) atoms. The minimum absolute atomic E-state index is 0.0176. The van der Waals surface area contributed by atoms with E-state index in [1.807, 2.05) is 31.2 Å². The van der Waals surface area contributed by atoms with Crippen LogP contribution in [-0.2, 0) is 15.3 Å². The Bertz CT molecular complexity index is 1350. The molecule has 7 nitrogen and oxygen atoms in total. The van der Waals surface area contributed by atoms with E-state index in [1.165, 1.54) is 12.1 Å². The number of halogens is 1. The first-order valence-corrected chi connectivity index (χ1v) is 13.9. The van der Waals surface area contributed by atoms with Gasteiger partial charge in [0.1, 0.15) is 17.3 Å². The maximum absolute atomic E-state index is 13.9. The van der Waals surface area contributed by atoms with Crippen LogP contribution in [0.25, 0.3) is 11.0 Å². The van der Waals surface area contributed by atoms with Gasteiger partial charge in [-0.25, -0.2) is 9.37 Å². The number of aryl methyl sites for hydroxylation is 1. The zero-order valence-corrected chi connectivity index (χ0v) is 22.4. The van der Waals surface area contributed by atoms with Gasteiger partial charge < -0.3 is 14.8 Å². The van der Waals surface area contributed by atoms with E-state index in [0.29, 0.717) is 30.7 Å². The van der Waals surface area contributed by atoms with Crippen molar-refractivity contribution in [3.05, 3.63) is 65.7 Å². The standard InChI is InChI=1S/C30H36FN5O2/c1-4-30(22-8-6-5-7-9-22,33-29(38)21-17-34(18-21)20(3)37)36-24-11-12-25(36)16-26(15-24)35-19(2)32-27-14-23(31)10-13-28(27)35/h5-10,13-14,21,24-26H,4,11-12,15-18H2,1-3H3,(H,33,38)/t24-,25+,26-,30-/m0/s1. The number of piperidine rings is 1. The lowest BCUT2D eigenvalue weighted by Crippen LogP contribution is -2.66. The van der Waals surface area contributed by atoms with Crippen molar-refractivity contribution in [1.29, 1.82) is 0 Å². The smallest absolute Gasteiger partial charge is 0.228 e. The van der Waals surface area contributed by atoms with Crippen molar-refractivity contribution < 1.29 is 14.0 Å². The molecule has 0 unspecified atom stereocenters. The minimum atomic E-state index is -0.610. The van der Waals surface area contributed by atoms with Gasteiger partial charge in [0.15, 0.2) is 0 Å². The van der Waals surface area contributed by atoms with Crippen LogP contribution in [0.3, 0.4) is 0 Å². The first-order valence-electron chi connectivity index (χ1n) is 13.9. The monoisotopic (exact) mass is 517 g/mol. The number of benzene rings is 2. The first kappa shape index (κ1) is 25.0. The Balaban J connectivity index is 1.32. The third-order valence-electron chi connectivity index (χ3n) is 9.13. The van der Waals surface area contributed by atoms with Crippen molar-refractivity contribution in [2.24, 2.45) is 5.92 Å². The largest absolute Gasteiger partial charge is 0.341 e. The van der Waals surface area contributed by atoms with Crippen molar-refractivity contribution in [3.8, 4) is 0 Å². The zero-order valence-electron chi connectivity index (χ0n) is 22.4. The van der Waals surface area contributed by atoms with E-state index in [9.17, 15) is 14.0 Å². The highest BCUT2D eigenvalue weighted by molar-refractivity contribution is 5.84. The van der Waals surface area contributed by atoms with E-state index in [4.69, 9.17) is 0 Å². The average Bonchev–Trinajstić information content (AvgIpc) is 3.33. The Morgan fingerprint density at radius 1 is 1.05 bits per heavy atom. The van der Waals surface area contributed by atoms with E-state index in [2.05, 4.69) is 38.8 Å². The predicted octanol–water partition coefficient (Wildman–Crippen LogP) is 4.51. The van der Waals surface area contributed by atoms with Gasteiger partial charge in [-0.2, -0.15) is 0 Å². The fourth-order valence-corrected chi connectivity index (χ4v) is 7.32. The number of aromatic nitrogens is 2. The summed E-state index contributed by atoms with van der Waals surface area (Å²) in [6, 6.07) is 16.1. The molecular formula is C30H36FN5O2. The molecule has 0 aliphatic carbocycles. The molecule has 4 heterocycles. The number of carbonyl (C=O) groups excluding carboxylic acids is 2. The van der Waals surface area contributed by atoms with Crippen molar-refractivity contribution in [2.75, 3.05) is 13.1 Å². The molecule has 3 saturated heterocycles. The van der Waals surface area contributed by atoms with E-state index >= 15 is 0 Å². The number of nitrogens with one attached hydrogen (secondary N) is 1. The van der Waals surface area contributed by atoms with E-state index < -0.39 is 5.66 Å². The summed E-state index contributed by atoms with van der Waals surface area (Å²) in [6.45, 7) is 6.69. The summed E-state index contributed by atoms with van der Waals surface area (Å²) in [5.74, 6) is 0.518. The topological polar surface area (TPSA) is 70.5 Å². The Morgan fingerprint density at radius 2 is 1.74 bits per heavy atom. The second-order valence-corrected chi connectivity index (χ2v) is 11.3. The van der Waals surface area contributed by atoms with Gasteiger partial charge in [-0.05, 0) is 56.7 Å². The van der Waals surface area contributed by atoms with Gasteiger partial charge >= 0.3 is 0 Å². The van der Waals surface area contributed by atoms with Crippen LogP contribution in [0.5, 0.6) is 0 Å². The molecule has 6 rings (SSSR count). The summed E-state index contributed by atoms with van der Waals surface area (Å²) in [5.41, 5.74) is 2.19. The van der Waals surface area contributed by atoms with Gasteiger partial charge in [0, 0.05) is 44.2 Å². The molecule has 2 amide bonds. The Hall–Kier alpha value is -3.26. The molecule has 4 atom stereocenters. The van der Waals surface area contributed by atoms with Crippen molar-refractivity contribution in [3.63, 3.8) is 0 Å². The molecule has 3 aliphatic rings. The Kier molecular flexibility index (Phi) is 6.25. The summed E-state index contributed by atoms with van der Waals surface area (Å²) >= 11 is 0. The van der Waals surface area contributed by atoms with Crippen LogP contribution in [0.15, 0.2) is 48.5 Å². The summed E-state index contributed by atoms with van der Waals surface area (Å²) in [6.07, 6.45) is 4.80. The quantitative estimate of drug-likeness (QED) is 0.522. The number of carbonyl (C=O) groups is 2. The van der Waals surface area contributed by atoms with E-state index in [0.717, 1.165) is 49.0 Å². The molecule has 0 saturated carbocycles. The lowest BCUT2D eigenvalue weighted by atomic mass is 9.86. The molecule has 2 aromatic carbocycles. The summed E-state index contributed by atoms with van der Waals surface area (Å²) in [4.78, 5) is 34.3. The number of nitrogens with zero attached hydrogens (tertiary/aromatic N) is 4. The highest BCUT2D eigenvalue weighted by Crippen LogP contribution is 2.48. The van der Waals surface area contributed by atoms with Gasteiger partial charge in [-0.3, -0.25) is 14.5 Å². The van der Waals surface area contributed by atoms with Crippen molar-refractivity contribution in [1.82, 2.24) is 24.7 Å². The van der Waals surface area contributed by atoms with Crippen LogP contribution in [0, 0.1) is 18.7 Å². The molecule has 0 spiro atoms. The number of hydrogen-bond donors (Lipinski definition) is 1. The second kappa shape index (κ2) is 9.49. The second-order valence-electron chi connectivity index (χ2n) is 11.3. The van der Waals surface area contributed by atoms with Gasteiger partial charge in [-0.1, -0.05) is 37.3 Å². The number of fused-ring (bicyclic) bond motifs is 3. The van der Waals surface area contributed by atoms with Crippen LogP contribution in [-0.4, -0.2) is 56.3 Å². The van der Waals surface area contributed by atoms with Crippen LogP contribution in [0.1, 0.15) is 63.4 Å². The molecule has 8 heteroatoms. The molecule has 1 aromatic heterocycles. The highest BCUT2D eigenvalue weighted by Gasteiger charge is 2.53. The predicted molar refractivity (Wildman–Crippen MR) is 144 cm³/mol. The molecule has 1 N–H and O–H groups in total. The van der Waals surface area contributed by atoms with Gasteiger partial charge in [0.25, 0.3) is 0 Å². The SMILES string of the molecule is CC[C@@](NC(=O)C1CN(C(C)=O)C1)(c1ccccc1)N1[C@@H]2CC[C@H]1C[C@H](n1c(C)nc3cc(F)ccc31)C2. The Morgan fingerprint density at radius 3 is 2.37 bits per heavy atom. The van der Waals surface area contributed by atoms with Gasteiger partial charge in [-0.15, -0.1) is 0 Å². The zero-order chi connectivity index (χ0) is 26.6. The maximum Gasteiger partial charge on any atom is 0.228 e. The maximum atomic E-state index is 13.9.